The minimum absolute atomic E-state index is 0.0419. The summed E-state index contributed by atoms with van der Waals surface area (Å²) in [5.41, 5.74) is 0.464. The van der Waals surface area contributed by atoms with E-state index in [-0.39, 0.29) is 21.8 Å². The van der Waals surface area contributed by atoms with Crippen LogP contribution in [-0.2, 0) is 21.3 Å². The number of halogens is 2. The lowest BCUT2D eigenvalue weighted by atomic mass is 9.94. The van der Waals surface area contributed by atoms with Crippen LogP contribution in [0, 0.1) is 0 Å². The molecule has 0 bridgehead atoms. The number of esters is 1. The molecule has 12 nitrogen and oxygen atoms in total. The van der Waals surface area contributed by atoms with Gasteiger partial charge in [0.2, 0.25) is 0 Å². The number of carbonyl (C=O) groups is 2. The number of hydrogen-bond acceptors (Lipinski definition) is 8. The van der Waals surface area contributed by atoms with Crippen LogP contribution in [0.3, 0.4) is 0 Å². The fraction of sp³-hybridized carbons (Fsp3) is 0.243. The molecular formula is C37H34Cl2N6O6S. The first-order valence-corrected chi connectivity index (χ1v) is 18.7. The number of nitrogens with zero attached hydrogens (tertiary/aromatic N) is 6. The smallest absolute Gasteiger partial charge is 0.337 e. The van der Waals surface area contributed by atoms with E-state index >= 15 is 0 Å². The zero-order valence-corrected chi connectivity index (χ0v) is 30.3. The molecular weight excluding hydrogens is 727 g/mol. The van der Waals surface area contributed by atoms with Gasteiger partial charge in [-0.25, -0.2) is 22.5 Å². The van der Waals surface area contributed by atoms with Crippen molar-refractivity contribution in [2.24, 2.45) is 0 Å². The lowest BCUT2D eigenvalue weighted by molar-refractivity contribution is 0.0598. The number of piperazine rings is 1. The van der Waals surface area contributed by atoms with Gasteiger partial charge in [-0.3, -0.25) is 19.1 Å². The summed E-state index contributed by atoms with van der Waals surface area (Å²) in [6.07, 6.45) is 5.40. The first kappa shape index (κ1) is 35.5. The van der Waals surface area contributed by atoms with Gasteiger partial charge in [-0.15, -0.1) is 0 Å². The van der Waals surface area contributed by atoms with Gasteiger partial charge in [-0.05, 0) is 65.7 Å². The number of amides is 1. The topological polar surface area (TPSA) is 127 Å². The molecule has 2 aliphatic heterocycles. The third-order valence-corrected chi connectivity index (χ3v) is 11.8. The molecule has 52 heavy (non-hydrogen) atoms. The second-order valence-corrected chi connectivity index (χ2v) is 15.2. The lowest BCUT2D eigenvalue weighted by Gasteiger charge is -2.34. The fourth-order valence-electron chi connectivity index (χ4n) is 6.84. The SMILES string of the molecule is COC(=O)c1cccc(S(=O)(=O)N2c3ccc(C(=O)N4CCN(CCn5ccnc5)CC4)c(=O)n3[C@@H](c3ccc(Cl)cc3)[C@H]2c2ccc(Cl)cc2)c1. The van der Waals surface area contributed by atoms with Crippen molar-refractivity contribution >= 4 is 50.9 Å². The number of sulfonamides is 1. The van der Waals surface area contributed by atoms with Crippen LogP contribution < -0.4 is 9.86 Å². The first-order valence-electron chi connectivity index (χ1n) is 16.5. The molecule has 15 heteroatoms. The molecule has 1 amide bonds. The first-order chi connectivity index (χ1) is 25.1. The van der Waals surface area contributed by atoms with Crippen LogP contribution in [-0.4, -0.2) is 84.0 Å². The van der Waals surface area contributed by atoms with Crippen LogP contribution in [0.2, 0.25) is 10.0 Å². The molecule has 0 saturated carbocycles. The summed E-state index contributed by atoms with van der Waals surface area (Å²) in [7, 11) is -3.26. The zero-order chi connectivity index (χ0) is 36.6. The average Bonchev–Trinajstić information content (AvgIpc) is 3.82. The third kappa shape index (κ3) is 6.72. The number of pyridine rings is 1. The number of carbonyl (C=O) groups excluding carboxylic acids is 2. The van der Waals surface area contributed by atoms with Gasteiger partial charge in [-0.2, -0.15) is 0 Å². The Balaban J connectivity index is 1.32. The number of imidazole rings is 1. The summed E-state index contributed by atoms with van der Waals surface area (Å²) in [6.45, 7) is 3.68. The summed E-state index contributed by atoms with van der Waals surface area (Å²) in [5, 5.41) is 0.893. The van der Waals surface area contributed by atoms with Crippen molar-refractivity contribution in [3.05, 3.63) is 146 Å². The molecule has 0 N–H and O–H groups in total. The van der Waals surface area contributed by atoms with Crippen molar-refractivity contribution in [2.75, 3.05) is 44.1 Å². The highest BCUT2D eigenvalue weighted by atomic mass is 35.5. The molecule has 3 aromatic carbocycles. The van der Waals surface area contributed by atoms with Gasteiger partial charge in [-0.1, -0.05) is 53.5 Å². The maximum Gasteiger partial charge on any atom is 0.337 e. The zero-order valence-electron chi connectivity index (χ0n) is 28.0. The molecule has 2 atom stereocenters. The molecule has 2 aromatic heterocycles. The van der Waals surface area contributed by atoms with Crippen molar-refractivity contribution in [1.82, 2.24) is 23.9 Å². The van der Waals surface area contributed by atoms with Crippen LogP contribution in [0.25, 0.3) is 0 Å². The molecule has 0 radical (unpaired) electrons. The van der Waals surface area contributed by atoms with Gasteiger partial charge in [0.15, 0.2) is 0 Å². The normalized spacial score (nSPS) is 17.6. The summed E-state index contributed by atoms with van der Waals surface area (Å²) >= 11 is 12.5. The van der Waals surface area contributed by atoms with Gasteiger partial charge in [0.05, 0.1) is 36.0 Å². The van der Waals surface area contributed by atoms with Crippen LogP contribution in [0.15, 0.2) is 113 Å². The number of methoxy groups -OCH3 is 1. The molecule has 7 rings (SSSR count). The van der Waals surface area contributed by atoms with Crippen LogP contribution in [0.5, 0.6) is 0 Å². The molecule has 0 spiro atoms. The summed E-state index contributed by atoms with van der Waals surface area (Å²) in [6, 6.07) is 20.0. The Kier molecular flexibility index (Phi) is 9.94. The van der Waals surface area contributed by atoms with Gasteiger partial charge >= 0.3 is 5.97 Å². The van der Waals surface area contributed by atoms with Crippen LogP contribution in [0.1, 0.15) is 43.9 Å². The lowest BCUT2D eigenvalue weighted by Crippen LogP contribution is -2.50. The molecule has 1 fully saturated rings. The van der Waals surface area contributed by atoms with E-state index in [1.807, 2.05) is 10.8 Å². The highest BCUT2D eigenvalue weighted by Crippen LogP contribution is 2.49. The van der Waals surface area contributed by atoms with Crippen LogP contribution in [0.4, 0.5) is 5.82 Å². The largest absolute Gasteiger partial charge is 0.465 e. The molecule has 1 saturated heterocycles. The molecule has 4 heterocycles. The third-order valence-electron chi connectivity index (χ3n) is 9.51. The number of rotatable bonds is 9. The van der Waals surface area contributed by atoms with Crippen molar-refractivity contribution in [3.63, 3.8) is 0 Å². The molecule has 268 valence electrons. The van der Waals surface area contributed by atoms with E-state index in [2.05, 4.69) is 9.88 Å². The summed E-state index contributed by atoms with van der Waals surface area (Å²) < 4.78 is 39.0. The van der Waals surface area contributed by atoms with Crippen molar-refractivity contribution in [3.8, 4) is 0 Å². The van der Waals surface area contributed by atoms with Crippen molar-refractivity contribution < 1.29 is 22.7 Å². The summed E-state index contributed by atoms with van der Waals surface area (Å²) in [5.74, 6) is -1.08. The Labute approximate surface area is 310 Å². The molecule has 2 aliphatic rings. The van der Waals surface area contributed by atoms with Gasteiger partial charge in [0.1, 0.15) is 11.4 Å². The highest BCUT2D eigenvalue weighted by molar-refractivity contribution is 7.92. The molecule has 0 aliphatic carbocycles. The van der Waals surface area contributed by atoms with Crippen molar-refractivity contribution in [2.45, 2.75) is 23.5 Å². The average molecular weight is 762 g/mol. The monoisotopic (exact) mass is 760 g/mol. The van der Waals surface area contributed by atoms with E-state index in [4.69, 9.17) is 27.9 Å². The van der Waals surface area contributed by atoms with E-state index in [1.165, 1.54) is 52.4 Å². The Bertz CT molecular complexity index is 2270. The second-order valence-electron chi connectivity index (χ2n) is 12.5. The Morgan fingerprint density at radius 1 is 0.846 bits per heavy atom. The van der Waals surface area contributed by atoms with Gasteiger partial charge in [0, 0.05) is 61.7 Å². The quantitative estimate of drug-likeness (QED) is 0.189. The van der Waals surface area contributed by atoms with E-state index in [9.17, 15) is 22.8 Å². The van der Waals surface area contributed by atoms with Crippen molar-refractivity contribution in [1.29, 1.82) is 0 Å². The minimum atomic E-state index is -4.47. The fourth-order valence-corrected chi connectivity index (χ4v) is 8.78. The van der Waals surface area contributed by atoms with E-state index in [0.717, 1.165) is 13.1 Å². The number of benzene rings is 3. The van der Waals surface area contributed by atoms with Gasteiger partial charge in [0.25, 0.3) is 21.5 Å². The highest BCUT2D eigenvalue weighted by Gasteiger charge is 2.48. The minimum Gasteiger partial charge on any atom is -0.465 e. The summed E-state index contributed by atoms with van der Waals surface area (Å²) in [4.78, 5) is 49.0. The predicted molar refractivity (Wildman–Crippen MR) is 197 cm³/mol. The number of hydrogen-bond donors (Lipinski definition) is 0. The number of ether oxygens (including phenoxy) is 1. The maximum atomic E-state index is 14.8. The predicted octanol–water partition coefficient (Wildman–Crippen LogP) is 5.14. The maximum absolute atomic E-state index is 14.8. The Morgan fingerprint density at radius 3 is 2.12 bits per heavy atom. The van der Waals surface area contributed by atoms with Crippen LogP contribution >= 0.6 is 23.2 Å². The van der Waals surface area contributed by atoms with Gasteiger partial charge < -0.3 is 14.2 Å². The standard InChI is InChI=1S/C37H34Cl2N6O6S/c1-51-37(48)27-3-2-4-30(23-27)52(49,50)45-32-14-13-31(35(46)43-21-19-41(20-22-43)17-18-42-16-15-40-24-42)36(47)44(32)33(25-5-9-28(38)10-6-25)34(45)26-7-11-29(39)12-8-26/h2-16,23-24,33-34H,17-22H2,1H3/t33-,34+/m0/s1. The van der Waals surface area contributed by atoms with E-state index in [1.54, 1.807) is 66.0 Å². The molecule has 0 unspecified atom stereocenters. The number of anilines is 1. The number of aromatic nitrogens is 3. The molecule has 5 aromatic rings. The van der Waals surface area contributed by atoms with E-state index in [0.29, 0.717) is 47.4 Å². The second kappa shape index (κ2) is 14.6. The Hall–Kier alpha value is -4.95. The van der Waals surface area contributed by atoms with E-state index < -0.39 is 39.5 Å². The Morgan fingerprint density at radius 2 is 1.50 bits per heavy atom. The number of fused-ring (bicyclic) bond motifs is 1.